The van der Waals surface area contributed by atoms with Crippen LogP contribution in [-0.2, 0) is 20.4 Å². The zero-order chi connectivity index (χ0) is 22.4. The molecular weight excluding hydrogens is 396 g/mol. The molecule has 0 spiro atoms. The van der Waals surface area contributed by atoms with Crippen molar-refractivity contribution in [3.8, 4) is 0 Å². The maximum absolute atomic E-state index is 14.0. The maximum Gasteiger partial charge on any atom is 0.238 e. The van der Waals surface area contributed by atoms with Crippen molar-refractivity contribution >= 4 is 23.2 Å². The summed E-state index contributed by atoms with van der Waals surface area (Å²) in [6.07, 6.45) is 0. The summed E-state index contributed by atoms with van der Waals surface area (Å²) in [5.41, 5.74) is 5.30. The van der Waals surface area contributed by atoms with Gasteiger partial charge in [0.25, 0.3) is 0 Å². The number of hydrogen-bond donors (Lipinski definition) is 0. The Balaban J connectivity index is 1.59. The first-order valence-corrected chi connectivity index (χ1v) is 11.2. The van der Waals surface area contributed by atoms with Crippen molar-refractivity contribution in [1.29, 1.82) is 0 Å². The van der Waals surface area contributed by atoms with Gasteiger partial charge in [0, 0.05) is 30.6 Å². The third-order valence-corrected chi connectivity index (χ3v) is 8.27. The van der Waals surface area contributed by atoms with Crippen LogP contribution in [0.3, 0.4) is 0 Å². The van der Waals surface area contributed by atoms with Gasteiger partial charge in [0.1, 0.15) is 0 Å². The Morgan fingerprint density at radius 2 is 1.03 bits per heavy atom. The van der Waals surface area contributed by atoms with E-state index in [4.69, 9.17) is 0 Å². The second kappa shape index (κ2) is 6.10. The summed E-state index contributed by atoms with van der Waals surface area (Å²) in [4.78, 5) is 31.5. The number of imide groups is 1. The second-order valence-electron chi connectivity index (χ2n) is 9.87. The lowest BCUT2D eigenvalue weighted by Gasteiger charge is -2.57. The van der Waals surface area contributed by atoms with E-state index < -0.39 is 22.7 Å². The highest BCUT2D eigenvalue weighted by atomic mass is 16.2. The van der Waals surface area contributed by atoms with Crippen LogP contribution in [-0.4, -0.2) is 25.9 Å². The van der Waals surface area contributed by atoms with Gasteiger partial charge in [0.05, 0.1) is 17.5 Å². The summed E-state index contributed by atoms with van der Waals surface area (Å²) in [6.45, 7) is 4.32. The molecule has 4 heteroatoms. The van der Waals surface area contributed by atoms with E-state index >= 15 is 0 Å². The standard InChI is InChI=1S/C28H26N2O2/c1-27-19-9-5-7-11-21(19)28(2,22-12-8-6-10-20(22)27)24-23(27)25(31)30(26(24)32)18-15-13-17(14-16-18)29(3)4/h5-16,23-24H,1-4H3. The first-order valence-electron chi connectivity index (χ1n) is 11.2. The molecule has 4 nitrogen and oxygen atoms in total. The Labute approximate surface area is 188 Å². The van der Waals surface area contributed by atoms with E-state index in [1.54, 1.807) is 0 Å². The summed E-state index contributed by atoms with van der Waals surface area (Å²) in [6, 6.07) is 24.4. The third-order valence-electron chi connectivity index (χ3n) is 8.27. The van der Waals surface area contributed by atoms with Gasteiger partial charge in [0.15, 0.2) is 0 Å². The molecule has 0 radical (unpaired) electrons. The second-order valence-corrected chi connectivity index (χ2v) is 9.87. The molecule has 160 valence electrons. The van der Waals surface area contributed by atoms with E-state index in [2.05, 4.69) is 38.1 Å². The lowest BCUT2D eigenvalue weighted by molar-refractivity contribution is -0.124. The Hall–Kier alpha value is -3.40. The summed E-state index contributed by atoms with van der Waals surface area (Å²) in [5, 5.41) is 0. The van der Waals surface area contributed by atoms with Gasteiger partial charge in [-0.1, -0.05) is 62.4 Å². The number of amides is 2. The van der Waals surface area contributed by atoms with Crippen LogP contribution >= 0.6 is 0 Å². The van der Waals surface area contributed by atoms with E-state index in [1.165, 1.54) is 27.2 Å². The van der Waals surface area contributed by atoms with E-state index in [9.17, 15) is 9.59 Å². The predicted octanol–water partition coefficient (Wildman–Crippen LogP) is 4.50. The molecule has 1 aliphatic heterocycles. The normalized spacial score (nSPS) is 29.6. The Morgan fingerprint density at radius 1 is 0.656 bits per heavy atom. The van der Waals surface area contributed by atoms with Crippen LogP contribution in [0.1, 0.15) is 36.1 Å². The highest BCUT2D eigenvalue weighted by Gasteiger charge is 2.70. The van der Waals surface area contributed by atoms with Crippen molar-refractivity contribution in [2.45, 2.75) is 24.7 Å². The molecule has 1 saturated heterocycles. The zero-order valence-electron chi connectivity index (χ0n) is 18.8. The van der Waals surface area contributed by atoms with Crippen molar-refractivity contribution < 1.29 is 9.59 Å². The van der Waals surface area contributed by atoms with Crippen molar-refractivity contribution in [2.75, 3.05) is 23.9 Å². The summed E-state index contributed by atoms with van der Waals surface area (Å²) < 4.78 is 0. The van der Waals surface area contributed by atoms with Crippen molar-refractivity contribution in [3.63, 3.8) is 0 Å². The van der Waals surface area contributed by atoms with Gasteiger partial charge in [-0.25, -0.2) is 4.90 Å². The quantitative estimate of drug-likeness (QED) is 0.571. The van der Waals surface area contributed by atoms with Crippen LogP contribution in [0.15, 0.2) is 72.8 Å². The fourth-order valence-corrected chi connectivity index (χ4v) is 6.72. The molecule has 3 aromatic rings. The van der Waals surface area contributed by atoms with Crippen molar-refractivity contribution in [3.05, 3.63) is 95.1 Å². The van der Waals surface area contributed by atoms with Crippen molar-refractivity contribution in [2.24, 2.45) is 11.8 Å². The largest absolute Gasteiger partial charge is 0.378 e. The van der Waals surface area contributed by atoms with Gasteiger partial charge in [-0.2, -0.15) is 0 Å². The Morgan fingerprint density at radius 3 is 1.38 bits per heavy atom. The first-order chi connectivity index (χ1) is 15.3. The van der Waals surface area contributed by atoms with Crippen LogP contribution in [0.2, 0.25) is 0 Å². The Kier molecular flexibility index (Phi) is 3.68. The molecule has 3 aromatic carbocycles. The van der Waals surface area contributed by atoms with Gasteiger partial charge in [-0.15, -0.1) is 0 Å². The smallest absolute Gasteiger partial charge is 0.238 e. The lowest BCUT2D eigenvalue weighted by Crippen LogP contribution is -2.59. The van der Waals surface area contributed by atoms with Crippen LogP contribution in [0.5, 0.6) is 0 Å². The number of hydrogen-bond acceptors (Lipinski definition) is 3. The minimum atomic E-state index is -0.541. The summed E-state index contributed by atoms with van der Waals surface area (Å²) in [5.74, 6) is -1.01. The van der Waals surface area contributed by atoms with Gasteiger partial charge in [0.2, 0.25) is 11.8 Å². The van der Waals surface area contributed by atoms with Gasteiger partial charge >= 0.3 is 0 Å². The van der Waals surface area contributed by atoms with Crippen LogP contribution in [0, 0.1) is 11.8 Å². The van der Waals surface area contributed by atoms with E-state index in [0.717, 1.165) is 5.69 Å². The molecule has 1 heterocycles. The predicted molar refractivity (Wildman–Crippen MR) is 126 cm³/mol. The van der Waals surface area contributed by atoms with Gasteiger partial charge in [-0.05, 0) is 46.5 Å². The molecule has 0 saturated carbocycles. The molecule has 2 atom stereocenters. The molecular formula is C28H26N2O2. The number of rotatable bonds is 2. The molecule has 32 heavy (non-hydrogen) atoms. The van der Waals surface area contributed by atoms with E-state index in [1.807, 2.05) is 67.5 Å². The van der Waals surface area contributed by atoms with Crippen molar-refractivity contribution in [1.82, 2.24) is 0 Å². The molecule has 0 aromatic heterocycles. The fraction of sp³-hybridized carbons (Fsp3) is 0.286. The number of carbonyl (C=O) groups is 2. The molecule has 2 amide bonds. The van der Waals surface area contributed by atoms with Gasteiger partial charge in [-0.3, -0.25) is 9.59 Å². The SMILES string of the molecule is CN(C)c1ccc(N2C(=O)C3C(C2=O)C2(C)c4ccccc4C3(C)c3ccccc32)cc1. The molecule has 2 unspecified atom stereocenters. The Bertz CT molecular complexity index is 1170. The lowest BCUT2D eigenvalue weighted by atomic mass is 9.42. The molecule has 4 aliphatic rings. The average molecular weight is 423 g/mol. The minimum absolute atomic E-state index is 0.0877. The molecule has 1 fully saturated rings. The summed E-state index contributed by atoms with van der Waals surface area (Å²) >= 11 is 0. The van der Waals surface area contributed by atoms with E-state index in [0.29, 0.717) is 5.69 Å². The number of carbonyl (C=O) groups excluding carboxylic acids is 2. The van der Waals surface area contributed by atoms with Crippen LogP contribution in [0.25, 0.3) is 0 Å². The third kappa shape index (κ3) is 2.03. The minimum Gasteiger partial charge on any atom is -0.378 e. The monoisotopic (exact) mass is 422 g/mol. The van der Waals surface area contributed by atoms with Gasteiger partial charge < -0.3 is 4.90 Å². The summed E-state index contributed by atoms with van der Waals surface area (Å²) in [7, 11) is 3.95. The molecule has 3 aliphatic carbocycles. The highest BCUT2D eigenvalue weighted by molar-refractivity contribution is 6.24. The number of anilines is 2. The van der Waals surface area contributed by atoms with Crippen LogP contribution < -0.4 is 9.80 Å². The average Bonchev–Trinajstić information content (AvgIpc) is 3.08. The number of benzene rings is 3. The number of nitrogens with zero attached hydrogens (tertiary/aromatic N) is 2. The molecule has 0 N–H and O–H groups in total. The zero-order valence-corrected chi connectivity index (χ0v) is 18.8. The topological polar surface area (TPSA) is 40.6 Å². The maximum atomic E-state index is 14.0. The van der Waals surface area contributed by atoms with E-state index in [-0.39, 0.29) is 11.8 Å². The first kappa shape index (κ1) is 19.3. The molecule has 2 bridgehead atoms. The fourth-order valence-electron chi connectivity index (χ4n) is 6.72. The highest BCUT2D eigenvalue weighted by Crippen LogP contribution is 2.66. The van der Waals surface area contributed by atoms with Crippen LogP contribution in [0.4, 0.5) is 11.4 Å². The molecule has 7 rings (SSSR count).